The van der Waals surface area contributed by atoms with Crippen molar-refractivity contribution >= 4 is 28.1 Å². The van der Waals surface area contributed by atoms with Crippen molar-refractivity contribution in [3.05, 3.63) is 95.6 Å². The van der Waals surface area contributed by atoms with Crippen LogP contribution in [0.15, 0.2) is 83.8 Å². The number of carbonyl (C=O) groups excluding carboxylic acids is 1. The molecule has 1 atom stereocenters. The molecule has 1 unspecified atom stereocenters. The van der Waals surface area contributed by atoms with Crippen molar-refractivity contribution in [3.8, 4) is 0 Å². The zero-order valence-electron chi connectivity index (χ0n) is 22.8. The first-order valence-corrected chi connectivity index (χ1v) is 15.3. The van der Waals surface area contributed by atoms with Crippen LogP contribution < -0.4 is 5.32 Å². The van der Waals surface area contributed by atoms with E-state index >= 15 is 0 Å². The summed E-state index contributed by atoms with van der Waals surface area (Å²) < 4.78 is 34.4. The fraction of sp³-hybridized carbons (Fsp3) is 0.355. The number of anilines is 1. The zero-order chi connectivity index (χ0) is 28.8. The highest BCUT2D eigenvalue weighted by Gasteiger charge is 2.33. The van der Waals surface area contributed by atoms with Crippen molar-refractivity contribution < 1.29 is 27.9 Å². The van der Waals surface area contributed by atoms with Gasteiger partial charge in [-0.2, -0.15) is 4.31 Å². The van der Waals surface area contributed by atoms with Crippen LogP contribution in [0.25, 0.3) is 0 Å². The molecule has 3 aromatic rings. The monoisotopic (exact) mass is 577 g/mol. The number of nitrogens with one attached hydrogen (secondary N) is 1. The second-order valence-electron chi connectivity index (χ2n) is 10.5. The molecule has 0 spiro atoms. The van der Waals surface area contributed by atoms with Crippen LogP contribution >= 0.6 is 0 Å². The maximum atomic E-state index is 13.7. The van der Waals surface area contributed by atoms with Crippen LogP contribution in [0.3, 0.4) is 0 Å². The summed E-state index contributed by atoms with van der Waals surface area (Å²) in [6.45, 7) is 2.00. The summed E-state index contributed by atoms with van der Waals surface area (Å²) in [5.74, 6) is -1.43. The number of benzene rings is 3. The lowest BCUT2D eigenvalue weighted by Gasteiger charge is -2.35. The van der Waals surface area contributed by atoms with Crippen LogP contribution in [-0.4, -0.2) is 74.5 Å². The number of ether oxygens (including phenoxy) is 1. The van der Waals surface area contributed by atoms with Gasteiger partial charge in [-0.3, -0.25) is 9.59 Å². The molecule has 0 bridgehead atoms. The Balaban J connectivity index is 1.48. The van der Waals surface area contributed by atoms with Crippen molar-refractivity contribution in [1.82, 2.24) is 9.21 Å². The Kier molecular flexibility index (Phi) is 9.02. The number of morpholine rings is 1. The van der Waals surface area contributed by atoms with Gasteiger partial charge >= 0.3 is 5.97 Å². The first-order valence-electron chi connectivity index (χ1n) is 13.9. The molecule has 216 valence electrons. The van der Waals surface area contributed by atoms with Gasteiger partial charge in [-0.1, -0.05) is 66.7 Å². The first kappa shape index (κ1) is 28.8. The van der Waals surface area contributed by atoms with E-state index in [1.54, 1.807) is 23.1 Å². The van der Waals surface area contributed by atoms with Crippen molar-refractivity contribution in [2.24, 2.45) is 5.92 Å². The zero-order valence-corrected chi connectivity index (χ0v) is 23.6. The number of rotatable bonds is 10. The lowest BCUT2D eigenvalue weighted by molar-refractivity contribution is -0.143. The van der Waals surface area contributed by atoms with Crippen molar-refractivity contribution in [2.45, 2.75) is 29.7 Å². The van der Waals surface area contributed by atoms with Gasteiger partial charge < -0.3 is 20.1 Å². The van der Waals surface area contributed by atoms with E-state index in [-0.39, 0.29) is 42.8 Å². The van der Waals surface area contributed by atoms with Gasteiger partial charge in [0.15, 0.2) is 0 Å². The topological polar surface area (TPSA) is 116 Å². The lowest BCUT2D eigenvalue weighted by Crippen LogP contribution is -2.40. The molecule has 2 aliphatic rings. The highest BCUT2D eigenvalue weighted by Crippen LogP contribution is 2.34. The molecule has 2 heterocycles. The van der Waals surface area contributed by atoms with Crippen LogP contribution in [-0.2, 0) is 24.3 Å². The van der Waals surface area contributed by atoms with E-state index in [2.05, 4.69) is 29.6 Å². The summed E-state index contributed by atoms with van der Waals surface area (Å²) in [5, 5.41) is 12.9. The lowest BCUT2D eigenvalue weighted by atomic mass is 9.91. The van der Waals surface area contributed by atoms with Crippen molar-refractivity contribution in [2.75, 3.05) is 44.7 Å². The Morgan fingerprint density at radius 3 is 2.20 bits per heavy atom. The molecule has 2 saturated heterocycles. The van der Waals surface area contributed by atoms with Gasteiger partial charge in [0.05, 0.1) is 30.1 Å². The minimum absolute atomic E-state index is 0.00894. The van der Waals surface area contributed by atoms with Gasteiger partial charge in [-0.05, 0) is 36.1 Å². The number of nitrogens with zero attached hydrogens (tertiary/aromatic N) is 2. The molecule has 9 nitrogen and oxygen atoms in total. The van der Waals surface area contributed by atoms with Gasteiger partial charge in [0.1, 0.15) is 0 Å². The minimum Gasteiger partial charge on any atom is -0.481 e. The molecule has 0 saturated carbocycles. The Labute approximate surface area is 240 Å². The SMILES string of the molecule is O=CN1CCOCC1c1ccc(S(=O)(=O)N2CCC(C(=O)O)CC2)cc1NCC(c1ccccc1)c1ccccc1. The van der Waals surface area contributed by atoms with E-state index in [0.29, 0.717) is 32.0 Å². The van der Waals surface area contributed by atoms with E-state index in [0.717, 1.165) is 23.1 Å². The Morgan fingerprint density at radius 2 is 1.61 bits per heavy atom. The van der Waals surface area contributed by atoms with E-state index in [1.165, 1.54) is 4.31 Å². The average molecular weight is 578 g/mol. The molecule has 1 amide bonds. The number of carbonyl (C=O) groups is 2. The summed E-state index contributed by atoms with van der Waals surface area (Å²) in [6, 6.07) is 24.8. The summed E-state index contributed by atoms with van der Waals surface area (Å²) in [4.78, 5) is 25.1. The second kappa shape index (κ2) is 12.8. The van der Waals surface area contributed by atoms with Gasteiger partial charge in [-0.25, -0.2) is 8.42 Å². The third-order valence-corrected chi connectivity index (χ3v) is 9.93. The van der Waals surface area contributed by atoms with Gasteiger partial charge in [0.2, 0.25) is 16.4 Å². The predicted octanol–water partition coefficient (Wildman–Crippen LogP) is 3.95. The Morgan fingerprint density at radius 1 is 0.976 bits per heavy atom. The predicted molar refractivity (Wildman–Crippen MR) is 155 cm³/mol. The largest absolute Gasteiger partial charge is 0.481 e. The molecule has 3 aromatic carbocycles. The molecule has 41 heavy (non-hydrogen) atoms. The third-order valence-electron chi connectivity index (χ3n) is 8.03. The summed E-state index contributed by atoms with van der Waals surface area (Å²) in [7, 11) is -3.86. The van der Waals surface area contributed by atoms with E-state index in [1.807, 2.05) is 36.4 Å². The molecule has 2 fully saturated rings. The highest BCUT2D eigenvalue weighted by atomic mass is 32.2. The molecule has 2 N–H and O–H groups in total. The Bertz CT molecular complexity index is 1400. The normalized spacial score (nSPS) is 18.8. The summed E-state index contributed by atoms with van der Waals surface area (Å²) >= 11 is 0. The van der Waals surface area contributed by atoms with E-state index < -0.39 is 21.9 Å². The quantitative estimate of drug-likeness (QED) is 0.351. The van der Waals surface area contributed by atoms with Crippen LogP contribution in [0.5, 0.6) is 0 Å². The minimum atomic E-state index is -3.86. The molecular weight excluding hydrogens is 542 g/mol. The number of carboxylic acids is 1. The van der Waals surface area contributed by atoms with E-state index in [4.69, 9.17) is 4.74 Å². The third kappa shape index (κ3) is 6.45. The molecule has 10 heteroatoms. The highest BCUT2D eigenvalue weighted by molar-refractivity contribution is 7.89. The van der Waals surface area contributed by atoms with Gasteiger partial charge in [-0.15, -0.1) is 0 Å². The number of carboxylic acid groups (broad SMARTS) is 1. The molecule has 0 radical (unpaired) electrons. The first-order chi connectivity index (χ1) is 19.9. The summed E-state index contributed by atoms with van der Waals surface area (Å²) in [6.07, 6.45) is 1.37. The number of aliphatic carboxylic acids is 1. The van der Waals surface area contributed by atoms with Crippen LogP contribution in [0.4, 0.5) is 5.69 Å². The maximum absolute atomic E-state index is 13.7. The second-order valence-corrected chi connectivity index (χ2v) is 12.4. The van der Waals surface area contributed by atoms with Crippen molar-refractivity contribution in [1.29, 1.82) is 0 Å². The number of sulfonamides is 1. The van der Waals surface area contributed by atoms with E-state index in [9.17, 15) is 23.1 Å². The standard InChI is InChI=1S/C31H35N3O6S/c35-22-33-17-18-40-21-30(33)27-12-11-26(41(38,39)34-15-13-25(14-16-34)31(36)37)19-29(27)32-20-28(23-7-3-1-4-8-23)24-9-5-2-6-10-24/h1-12,19,22,25,28,30,32H,13-18,20-21H2,(H,36,37). The van der Waals surface area contributed by atoms with Gasteiger partial charge in [0, 0.05) is 43.3 Å². The maximum Gasteiger partial charge on any atom is 0.306 e. The fourth-order valence-corrected chi connectivity index (χ4v) is 7.15. The molecule has 5 rings (SSSR count). The summed E-state index contributed by atoms with van der Waals surface area (Å²) in [5.41, 5.74) is 3.63. The van der Waals surface area contributed by atoms with Gasteiger partial charge in [0.25, 0.3) is 0 Å². The molecule has 2 aliphatic heterocycles. The van der Waals surface area contributed by atoms with Crippen LogP contribution in [0, 0.1) is 5.92 Å². The van der Waals surface area contributed by atoms with Crippen LogP contribution in [0.2, 0.25) is 0 Å². The average Bonchev–Trinajstić information content (AvgIpc) is 3.02. The number of hydrogen-bond donors (Lipinski definition) is 2. The number of hydrogen-bond acceptors (Lipinski definition) is 6. The molecule has 0 aromatic heterocycles. The van der Waals surface area contributed by atoms with Crippen molar-refractivity contribution in [3.63, 3.8) is 0 Å². The fourth-order valence-electron chi connectivity index (χ4n) is 5.65. The number of piperidine rings is 1. The molecule has 0 aliphatic carbocycles. The number of amides is 1. The molecular formula is C31H35N3O6S. The Hall–Kier alpha value is -3.73. The smallest absolute Gasteiger partial charge is 0.306 e. The van der Waals surface area contributed by atoms with Crippen LogP contribution in [0.1, 0.15) is 41.5 Å².